The minimum Gasteiger partial charge on any atom is -0.492 e. The molecule has 2 N–H and O–H groups in total. The van der Waals surface area contributed by atoms with E-state index in [2.05, 4.69) is 15.6 Å². The van der Waals surface area contributed by atoms with Crippen molar-refractivity contribution in [2.24, 2.45) is 0 Å². The van der Waals surface area contributed by atoms with Crippen LogP contribution in [0.15, 0.2) is 41.8 Å². The lowest BCUT2D eigenvalue weighted by molar-refractivity contribution is 0.103. The van der Waals surface area contributed by atoms with Gasteiger partial charge in [0.15, 0.2) is 5.13 Å². The number of anilines is 2. The van der Waals surface area contributed by atoms with Crippen molar-refractivity contribution in [3.8, 4) is 5.75 Å². The van der Waals surface area contributed by atoms with Crippen LogP contribution in [-0.4, -0.2) is 35.0 Å². The van der Waals surface area contributed by atoms with Crippen LogP contribution >= 0.6 is 22.7 Å². The van der Waals surface area contributed by atoms with Crippen molar-refractivity contribution >= 4 is 45.4 Å². The number of carbonyl (C=O) groups is 2. The molecular formula is C20H20N4O3S2. The average molecular weight is 429 g/mol. The fourth-order valence-electron chi connectivity index (χ4n) is 3.03. The monoisotopic (exact) mass is 428 g/mol. The van der Waals surface area contributed by atoms with Gasteiger partial charge in [0, 0.05) is 17.8 Å². The molecule has 3 heterocycles. The SMILES string of the molecule is CCOc1ccccc1NC(=O)N1CCc2nc(NC(=O)c3cccs3)sc2C1. The van der Waals surface area contributed by atoms with E-state index in [9.17, 15) is 9.59 Å². The van der Waals surface area contributed by atoms with Crippen LogP contribution in [0.25, 0.3) is 0 Å². The summed E-state index contributed by atoms with van der Waals surface area (Å²) in [5, 5.41) is 8.21. The third-order valence-corrected chi connectivity index (χ3v) is 6.28. The third kappa shape index (κ3) is 4.41. The van der Waals surface area contributed by atoms with Crippen molar-refractivity contribution in [2.45, 2.75) is 19.9 Å². The number of hydrogen-bond acceptors (Lipinski definition) is 6. The Morgan fingerprint density at radius 1 is 1.21 bits per heavy atom. The molecule has 4 rings (SSSR count). The Bertz CT molecular complexity index is 1020. The van der Waals surface area contributed by atoms with E-state index < -0.39 is 0 Å². The van der Waals surface area contributed by atoms with Gasteiger partial charge in [0.1, 0.15) is 5.75 Å². The fraction of sp³-hybridized carbons (Fsp3) is 0.250. The van der Waals surface area contributed by atoms with E-state index in [4.69, 9.17) is 4.74 Å². The number of nitrogens with one attached hydrogen (secondary N) is 2. The zero-order chi connectivity index (χ0) is 20.2. The van der Waals surface area contributed by atoms with Crippen LogP contribution in [0.5, 0.6) is 5.75 Å². The maximum Gasteiger partial charge on any atom is 0.322 e. The summed E-state index contributed by atoms with van der Waals surface area (Å²) in [6, 6.07) is 10.8. The number of benzene rings is 1. The van der Waals surface area contributed by atoms with Crippen LogP contribution < -0.4 is 15.4 Å². The molecule has 0 atom stereocenters. The molecule has 0 fully saturated rings. The molecule has 1 aliphatic rings. The van der Waals surface area contributed by atoms with E-state index >= 15 is 0 Å². The first-order chi connectivity index (χ1) is 14.1. The molecule has 0 aliphatic carbocycles. The predicted octanol–water partition coefficient (Wildman–Crippen LogP) is 4.45. The molecule has 0 radical (unpaired) electrons. The lowest BCUT2D eigenvalue weighted by Gasteiger charge is -2.26. The Labute approximate surface area is 176 Å². The number of para-hydroxylation sites is 2. The molecule has 0 spiro atoms. The van der Waals surface area contributed by atoms with Crippen LogP contribution in [0.4, 0.5) is 15.6 Å². The molecule has 0 unspecified atom stereocenters. The zero-order valence-electron chi connectivity index (χ0n) is 15.8. The number of rotatable bonds is 5. The van der Waals surface area contributed by atoms with Crippen molar-refractivity contribution in [1.82, 2.24) is 9.88 Å². The number of hydrogen-bond donors (Lipinski definition) is 2. The summed E-state index contributed by atoms with van der Waals surface area (Å²) in [5.74, 6) is 0.491. The number of thiophene rings is 1. The maximum absolute atomic E-state index is 12.7. The van der Waals surface area contributed by atoms with E-state index in [0.717, 1.165) is 10.6 Å². The molecule has 1 aromatic carbocycles. The predicted molar refractivity (Wildman–Crippen MR) is 115 cm³/mol. The Kier molecular flexibility index (Phi) is 5.77. The van der Waals surface area contributed by atoms with Gasteiger partial charge < -0.3 is 15.0 Å². The molecule has 2 aromatic heterocycles. The number of nitrogens with zero attached hydrogens (tertiary/aromatic N) is 2. The van der Waals surface area contributed by atoms with Crippen LogP contribution in [0, 0.1) is 0 Å². The second-order valence-corrected chi connectivity index (χ2v) is 8.38. The Morgan fingerprint density at radius 2 is 2.07 bits per heavy atom. The fourth-order valence-corrected chi connectivity index (χ4v) is 4.67. The van der Waals surface area contributed by atoms with Crippen molar-refractivity contribution in [3.05, 3.63) is 57.2 Å². The highest BCUT2D eigenvalue weighted by Crippen LogP contribution is 2.30. The summed E-state index contributed by atoms with van der Waals surface area (Å²) >= 11 is 2.80. The average Bonchev–Trinajstić information content (AvgIpc) is 3.38. The molecule has 0 bridgehead atoms. The first kappa shape index (κ1) is 19.4. The smallest absolute Gasteiger partial charge is 0.322 e. The van der Waals surface area contributed by atoms with E-state index in [1.807, 2.05) is 42.6 Å². The maximum atomic E-state index is 12.7. The number of aromatic nitrogens is 1. The summed E-state index contributed by atoms with van der Waals surface area (Å²) in [6.07, 6.45) is 0.654. The summed E-state index contributed by atoms with van der Waals surface area (Å²) in [5.41, 5.74) is 1.59. The molecule has 0 saturated heterocycles. The minimum atomic E-state index is -0.180. The second kappa shape index (κ2) is 8.62. The van der Waals surface area contributed by atoms with Gasteiger partial charge in [-0.1, -0.05) is 29.5 Å². The van der Waals surface area contributed by atoms with Gasteiger partial charge in [-0.2, -0.15) is 0 Å². The lowest BCUT2D eigenvalue weighted by Crippen LogP contribution is -2.38. The topological polar surface area (TPSA) is 83.6 Å². The third-order valence-electron chi connectivity index (χ3n) is 4.41. The number of ether oxygens (including phenoxy) is 1. The summed E-state index contributed by atoms with van der Waals surface area (Å²) in [6.45, 7) is 3.46. The standard InChI is InChI=1S/C20H20N4O3S2/c1-2-27-15-7-4-3-6-13(15)22-20(26)24-10-9-14-17(12-24)29-19(21-14)23-18(25)16-8-5-11-28-16/h3-8,11H,2,9-10,12H2,1H3,(H,22,26)(H,21,23,25). The Morgan fingerprint density at radius 3 is 2.86 bits per heavy atom. The van der Waals surface area contributed by atoms with Gasteiger partial charge in [0.25, 0.3) is 5.91 Å². The number of thiazole rings is 1. The van der Waals surface area contributed by atoms with Gasteiger partial charge in [-0.3, -0.25) is 10.1 Å². The normalized spacial score (nSPS) is 12.9. The molecule has 29 heavy (non-hydrogen) atoms. The molecule has 3 aromatic rings. The quantitative estimate of drug-likeness (QED) is 0.629. The van der Waals surface area contributed by atoms with Gasteiger partial charge in [-0.15, -0.1) is 11.3 Å². The molecule has 0 saturated carbocycles. The van der Waals surface area contributed by atoms with Gasteiger partial charge in [0.05, 0.1) is 29.4 Å². The highest BCUT2D eigenvalue weighted by atomic mass is 32.1. The van der Waals surface area contributed by atoms with E-state index in [-0.39, 0.29) is 11.9 Å². The van der Waals surface area contributed by atoms with Crippen molar-refractivity contribution in [1.29, 1.82) is 0 Å². The lowest BCUT2D eigenvalue weighted by atomic mass is 10.2. The number of amides is 3. The first-order valence-corrected chi connectivity index (χ1v) is 10.9. The Hall–Kier alpha value is -2.91. The number of fused-ring (bicyclic) bond motifs is 1. The first-order valence-electron chi connectivity index (χ1n) is 9.25. The van der Waals surface area contributed by atoms with E-state index in [1.54, 1.807) is 11.0 Å². The van der Waals surface area contributed by atoms with Crippen LogP contribution in [0.1, 0.15) is 27.2 Å². The molecule has 1 aliphatic heterocycles. The van der Waals surface area contributed by atoms with Gasteiger partial charge in [-0.05, 0) is 30.5 Å². The van der Waals surface area contributed by atoms with Crippen molar-refractivity contribution in [3.63, 3.8) is 0 Å². The van der Waals surface area contributed by atoms with Crippen LogP contribution in [-0.2, 0) is 13.0 Å². The summed E-state index contributed by atoms with van der Waals surface area (Å²) < 4.78 is 5.57. The minimum absolute atomic E-state index is 0.159. The molecular weight excluding hydrogens is 408 g/mol. The summed E-state index contributed by atoms with van der Waals surface area (Å²) in [4.78, 5) is 32.9. The number of carbonyl (C=O) groups excluding carboxylic acids is 2. The van der Waals surface area contributed by atoms with Crippen LogP contribution in [0.2, 0.25) is 0 Å². The van der Waals surface area contributed by atoms with E-state index in [1.165, 1.54) is 22.7 Å². The van der Waals surface area contributed by atoms with Gasteiger partial charge >= 0.3 is 6.03 Å². The van der Waals surface area contributed by atoms with Crippen molar-refractivity contribution < 1.29 is 14.3 Å². The van der Waals surface area contributed by atoms with Gasteiger partial charge in [0.2, 0.25) is 0 Å². The second-order valence-electron chi connectivity index (χ2n) is 6.35. The van der Waals surface area contributed by atoms with Crippen LogP contribution in [0.3, 0.4) is 0 Å². The van der Waals surface area contributed by atoms with Crippen molar-refractivity contribution in [2.75, 3.05) is 23.8 Å². The number of urea groups is 1. The largest absolute Gasteiger partial charge is 0.492 e. The molecule has 7 nitrogen and oxygen atoms in total. The molecule has 150 valence electrons. The zero-order valence-corrected chi connectivity index (χ0v) is 17.4. The molecule has 3 amide bonds. The highest BCUT2D eigenvalue weighted by Gasteiger charge is 2.25. The molecule has 9 heteroatoms. The summed E-state index contributed by atoms with van der Waals surface area (Å²) in [7, 11) is 0. The van der Waals surface area contributed by atoms with Gasteiger partial charge in [-0.25, -0.2) is 9.78 Å². The Balaban J connectivity index is 1.41. The highest BCUT2D eigenvalue weighted by molar-refractivity contribution is 7.16. The van der Waals surface area contributed by atoms with E-state index in [0.29, 0.717) is 47.6 Å².